The van der Waals surface area contributed by atoms with E-state index in [0.717, 1.165) is 11.1 Å². The van der Waals surface area contributed by atoms with E-state index in [9.17, 15) is 9.59 Å². The number of hydrogen-bond acceptors (Lipinski definition) is 3. The van der Waals surface area contributed by atoms with E-state index >= 15 is 0 Å². The maximum atomic E-state index is 12.2. The van der Waals surface area contributed by atoms with E-state index in [-0.39, 0.29) is 23.7 Å². The fourth-order valence-corrected chi connectivity index (χ4v) is 2.68. The monoisotopic (exact) mass is 343 g/mol. The number of carbonyl (C=O) groups is 2. The number of aryl methyl sites for hydroxylation is 1. The van der Waals surface area contributed by atoms with E-state index in [1.54, 1.807) is 24.5 Å². The average Bonchev–Trinajstić information content (AvgIpc) is 3.38. The third-order valence-corrected chi connectivity index (χ3v) is 4.50. The van der Waals surface area contributed by atoms with Crippen molar-refractivity contribution in [3.05, 3.63) is 58.9 Å². The van der Waals surface area contributed by atoms with Crippen LogP contribution in [-0.4, -0.2) is 16.8 Å². The molecule has 1 fully saturated rings. The number of hydrogen-bond donors (Lipinski definition) is 2. The third-order valence-electron chi connectivity index (χ3n) is 4.09. The fourth-order valence-electron chi connectivity index (χ4n) is 2.50. The molecule has 6 heteroatoms. The second kappa shape index (κ2) is 7.01. The number of pyridine rings is 1. The zero-order chi connectivity index (χ0) is 17.1. The van der Waals surface area contributed by atoms with E-state index < -0.39 is 0 Å². The van der Waals surface area contributed by atoms with Gasteiger partial charge in [0.15, 0.2) is 0 Å². The lowest BCUT2D eigenvalue weighted by Crippen LogP contribution is -2.27. The van der Waals surface area contributed by atoms with E-state index in [0.29, 0.717) is 23.7 Å². The highest BCUT2D eigenvalue weighted by Crippen LogP contribution is 2.39. The van der Waals surface area contributed by atoms with Crippen LogP contribution in [0.3, 0.4) is 0 Å². The molecule has 1 aliphatic carbocycles. The molecular weight excluding hydrogens is 326 g/mol. The van der Waals surface area contributed by atoms with Crippen LogP contribution in [0.2, 0.25) is 5.02 Å². The first-order valence-electron chi connectivity index (χ1n) is 7.78. The zero-order valence-electron chi connectivity index (χ0n) is 13.3. The smallest absolute Gasteiger partial charge is 0.228 e. The van der Waals surface area contributed by atoms with Gasteiger partial charge >= 0.3 is 0 Å². The molecule has 2 amide bonds. The highest BCUT2D eigenvalue weighted by atomic mass is 35.5. The van der Waals surface area contributed by atoms with Crippen LogP contribution in [0.15, 0.2) is 42.7 Å². The predicted octanol–water partition coefficient (Wildman–Crippen LogP) is 2.93. The summed E-state index contributed by atoms with van der Waals surface area (Å²) in [4.78, 5) is 28.3. The van der Waals surface area contributed by atoms with E-state index in [1.165, 1.54) is 0 Å². The number of rotatable bonds is 5. The quantitative estimate of drug-likeness (QED) is 0.876. The number of amides is 2. The highest BCUT2D eigenvalue weighted by molar-refractivity contribution is 6.31. The molecule has 5 nitrogen and oxygen atoms in total. The van der Waals surface area contributed by atoms with E-state index in [4.69, 9.17) is 11.6 Å². The Morgan fingerprint density at radius 3 is 2.75 bits per heavy atom. The summed E-state index contributed by atoms with van der Waals surface area (Å²) in [7, 11) is 0. The van der Waals surface area contributed by atoms with Gasteiger partial charge in [-0.1, -0.05) is 23.7 Å². The molecule has 1 saturated carbocycles. The van der Waals surface area contributed by atoms with Crippen LogP contribution in [-0.2, 0) is 16.1 Å². The summed E-state index contributed by atoms with van der Waals surface area (Å²) in [6.45, 7) is 2.32. The Bertz CT molecular complexity index is 764. The lowest BCUT2D eigenvalue weighted by molar-refractivity contribution is -0.125. The Kier molecular flexibility index (Phi) is 4.81. The van der Waals surface area contributed by atoms with Gasteiger partial charge < -0.3 is 10.6 Å². The maximum absolute atomic E-state index is 12.2. The van der Waals surface area contributed by atoms with Gasteiger partial charge in [-0.15, -0.1) is 0 Å². The minimum Gasteiger partial charge on any atom is -0.352 e. The molecule has 0 aliphatic heterocycles. The lowest BCUT2D eigenvalue weighted by Gasteiger charge is -2.07. The Hall–Kier alpha value is -2.40. The van der Waals surface area contributed by atoms with Crippen LogP contribution in [0.25, 0.3) is 0 Å². The number of aromatic nitrogens is 1. The first-order valence-corrected chi connectivity index (χ1v) is 8.16. The number of carbonyl (C=O) groups excluding carboxylic acids is 2. The molecule has 0 saturated heterocycles. The van der Waals surface area contributed by atoms with Crippen molar-refractivity contribution in [2.45, 2.75) is 19.9 Å². The molecule has 0 spiro atoms. The highest BCUT2D eigenvalue weighted by Gasteiger charge is 2.47. The normalized spacial score (nSPS) is 18.8. The first-order chi connectivity index (χ1) is 11.5. The summed E-state index contributed by atoms with van der Waals surface area (Å²) in [6, 6.07) is 9.09. The topological polar surface area (TPSA) is 71.1 Å². The number of nitrogens with one attached hydrogen (secondary N) is 2. The first kappa shape index (κ1) is 16.5. The van der Waals surface area contributed by atoms with Gasteiger partial charge in [0.05, 0.1) is 11.8 Å². The van der Waals surface area contributed by atoms with Gasteiger partial charge in [0, 0.05) is 29.6 Å². The molecule has 1 heterocycles. The van der Waals surface area contributed by atoms with Crippen LogP contribution in [0.1, 0.15) is 17.5 Å². The summed E-state index contributed by atoms with van der Waals surface area (Å²) in [6.07, 6.45) is 3.96. The molecule has 1 aliphatic rings. The second-order valence-electron chi connectivity index (χ2n) is 5.98. The molecule has 3 rings (SSSR count). The zero-order valence-corrected chi connectivity index (χ0v) is 14.0. The molecule has 2 unspecified atom stereocenters. The SMILES string of the molecule is Cc1ccc(NC(=O)C2CC2C(=O)NCc2cccnc2)cc1Cl. The molecule has 0 bridgehead atoms. The molecule has 1 aromatic carbocycles. The van der Waals surface area contributed by atoms with E-state index in [2.05, 4.69) is 15.6 Å². The maximum Gasteiger partial charge on any atom is 0.228 e. The standard InChI is InChI=1S/C18H18ClN3O2/c1-11-4-5-13(7-16(11)19)22-18(24)15-8-14(15)17(23)21-10-12-3-2-6-20-9-12/h2-7,9,14-15H,8,10H2,1H3,(H,21,23)(H,22,24). The largest absolute Gasteiger partial charge is 0.352 e. The predicted molar refractivity (Wildman–Crippen MR) is 92.5 cm³/mol. The summed E-state index contributed by atoms with van der Waals surface area (Å²) < 4.78 is 0. The molecule has 124 valence electrons. The molecular formula is C18H18ClN3O2. The average molecular weight is 344 g/mol. The summed E-state index contributed by atoms with van der Waals surface area (Å²) >= 11 is 6.05. The molecule has 1 aromatic heterocycles. The van der Waals surface area contributed by atoms with Crippen molar-refractivity contribution in [1.29, 1.82) is 0 Å². The number of benzene rings is 1. The van der Waals surface area contributed by atoms with Crippen LogP contribution in [0.5, 0.6) is 0 Å². The lowest BCUT2D eigenvalue weighted by atomic mass is 10.2. The van der Waals surface area contributed by atoms with Crippen molar-refractivity contribution < 1.29 is 9.59 Å². The molecule has 2 atom stereocenters. The molecule has 2 aromatic rings. The molecule has 2 N–H and O–H groups in total. The summed E-state index contributed by atoms with van der Waals surface area (Å²) in [5.74, 6) is -0.779. The van der Waals surface area contributed by atoms with Crippen LogP contribution in [0.4, 0.5) is 5.69 Å². The van der Waals surface area contributed by atoms with Gasteiger partial charge in [0.2, 0.25) is 11.8 Å². The Morgan fingerprint density at radius 1 is 1.25 bits per heavy atom. The van der Waals surface area contributed by atoms with Gasteiger partial charge in [-0.3, -0.25) is 14.6 Å². The van der Waals surface area contributed by atoms with Gasteiger partial charge in [-0.2, -0.15) is 0 Å². The van der Waals surface area contributed by atoms with Crippen LogP contribution in [0, 0.1) is 18.8 Å². The van der Waals surface area contributed by atoms with Crippen molar-refractivity contribution >= 4 is 29.1 Å². The van der Waals surface area contributed by atoms with Crippen molar-refractivity contribution in [3.8, 4) is 0 Å². The number of halogens is 1. The van der Waals surface area contributed by atoms with Gasteiger partial charge in [0.1, 0.15) is 0 Å². The Balaban J connectivity index is 1.49. The van der Waals surface area contributed by atoms with Gasteiger partial charge in [-0.25, -0.2) is 0 Å². The summed E-state index contributed by atoms with van der Waals surface area (Å²) in [5.41, 5.74) is 2.53. The number of anilines is 1. The minimum absolute atomic E-state index is 0.0964. The van der Waals surface area contributed by atoms with Crippen molar-refractivity contribution in [2.75, 3.05) is 5.32 Å². The van der Waals surface area contributed by atoms with Gasteiger partial charge in [0.25, 0.3) is 0 Å². The van der Waals surface area contributed by atoms with E-state index in [1.807, 2.05) is 25.1 Å². The molecule has 0 radical (unpaired) electrons. The second-order valence-corrected chi connectivity index (χ2v) is 6.39. The minimum atomic E-state index is -0.279. The summed E-state index contributed by atoms with van der Waals surface area (Å²) in [5, 5.41) is 6.27. The van der Waals surface area contributed by atoms with Crippen LogP contribution < -0.4 is 10.6 Å². The van der Waals surface area contributed by atoms with Crippen molar-refractivity contribution in [2.24, 2.45) is 11.8 Å². The van der Waals surface area contributed by atoms with Crippen molar-refractivity contribution in [3.63, 3.8) is 0 Å². The van der Waals surface area contributed by atoms with Gasteiger partial charge in [-0.05, 0) is 42.7 Å². The van der Waals surface area contributed by atoms with Crippen LogP contribution >= 0.6 is 11.6 Å². The molecule has 24 heavy (non-hydrogen) atoms. The number of nitrogens with zero attached hydrogens (tertiary/aromatic N) is 1. The Labute approximate surface area is 145 Å². The van der Waals surface area contributed by atoms with Crippen molar-refractivity contribution in [1.82, 2.24) is 10.3 Å². The Morgan fingerprint density at radius 2 is 2.04 bits per heavy atom. The third kappa shape index (κ3) is 3.92. The fraction of sp³-hybridized carbons (Fsp3) is 0.278.